The zero-order valence-corrected chi connectivity index (χ0v) is 16.1. The minimum absolute atomic E-state index is 0.135. The third kappa shape index (κ3) is 4.14. The first-order chi connectivity index (χ1) is 11.7. The van der Waals surface area contributed by atoms with Gasteiger partial charge in [-0.1, -0.05) is 55.4 Å². The zero-order chi connectivity index (χ0) is 18.8. The summed E-state index contributed by atoms with van der Waals surface area (Å²) in [5.74, 6) is 0.494. The van der Waals surface area contributed by atoms with E-state index in [0.717, 1.165) is 18.4 Å². The molecule has 0 bridgehead atoms. The molecule has 25 heavy (non-hydrogen) atoms. The maximum atomic E-state index is 10.8. The van der Waals surface area contributed by atoms with Crippen LogP contribution < -0.4 is 0 Å². The van der Waals surface area contributed by atoms with Crippen molar-refractivity contribution < 1.29 is 15.0 Å². The van der Waals surface area contributed by atoms with Crippen molar-refractivity contribution in [1.82, 2.24) is 0 Å². The molecule has 0 aliphatic heterocycles. The number of carboxylic acids is 1. The van der Waals surface area contributed by atoms with Gasteiger partial charge >= 0.3 is 5.97 Å². The molecule has 0 saturated heterocycles. The van der Waals surface area contributed by atoms with Gasteiger partial charge in [0.25, 0.3) is 0 Å². The van der Waals surface area contributed by atoms with Gasteiger partial charge in [0.2, 0.25) is 0 Å². The highest BCUT2D eigenvalue weighted by Gasteiger charge is 2.49. The lowest BCUT2D eigenvalue weighted by atomic mass is 9.52. The molecule has 0 aromatic rings. The Morgan fingerprint density at radius 1 is 1.32 bits per heavy atom. The van der Waals surface area contributed by atoms with Crippen LogP contribution in [0, 0.1) is 29.1 Å². The third-order valence-electron chi connectivity index (χ3n) is 6.16. The number of allylic oxidation sites excluding steroid dienone is 7. The molecular formula is C22H32O3. The molecule has 3 heteroatoms. The largest absolute Gasteiger partial charge is 0.478 e. The molecule has 0 radical (unpaired) electrons. The zero-order valence-electron chi connectivity index (χ0n) is 16.1. The topological polar surface area (TPSA) is 57.5 Å². The van der Waals surface area contributed by atoms with Crippen LogP contribution in [-0.4, -0.2) is 22.3 Å². The number of hydrogen-bond donors (Lipinski definition) is 2. The molecule has 2 rings (SSSR count). The number of carbonyl (C=O) groups is 1. The standard InChI is InChI=1S/C22H32O3/c1-6-7-18-15(3)10-17-11-16(4)20(23)12-19(17)22(18,5)13-14(2)8-9-21(24)25/h6-10,13,16-20,23H,11-12H2,1-5H3,(H,24,25)/b7-6+,9-8+,14-13+/t16-,17?,18-,19?,20+,22+/m0/s1. The van der Waals surface area contributed by atoms with Crippen LogP contribution in [-0.2, 0) is 4.79 Å². The summed E-state index contributed by atoms with van der Waals surface area (Å²) < 4.78 is 0. The Labute approximate surface area is 151 Å². The van der Waals surface area contributed by atoms with Gasteiger partial charge in [0, 0.05) is 12.0 Å². The number of aliphatic hydroxyl groups excluding tert-OH is 1. The van der Waals surface area contributed by atoms with Gasteiger partial charge in [0.15, 0.2) is 0 Å². The molecule has 3 nitrogen and oxygen atoms in total. The van der Waals surface area contributed by atoms with Crippen LogP contribution in [0.5, 0.6) is 0 Å². The Morgan fingerprint density at radius 2 is 2.00 bits per heavy atom. The van der Waals surface area contributed by atoms with Crippen LogP contribution >= 0.6 is 0 Å². The summed E-state index contributed by atoms with van der Waals surface area (Å²) in [5.41, 5.74) is 2.20. The second kappa shape index (κ2) is 7.74. The van der Waals surface area contributed by atoms with Gasteiger partial charge < -0.3 is 10.2 Å². The van der Waals surface area contributed by atoms with Crippen molar-refractivity contribution in [1.29, 1.82) is 0 Å². The quantitative estimate of drug-likeness (QED) is 0.439. The van der Waals surface area contributed by atoms with E-state index >= 15 is 0 Å². The second-order valence-corrected chi connectivity index (χ2v) is 8.13. The van der Waals surface area contributed by atoms with E-state index < -0.39 is 5.97 Å². The number of aliphatic carboxylic acids is 1. The van der Waals surface area contributed by atoms with Gasteiger partial charge in [-0.05, 0) is 56.8 Å². The summed E-state index contributed by atoms with van der Waals surface area (Å²) in [6, 6.07) is 0. The van der Waals surface area contributed by atoms with Crippen LogP contribution in [0.25, 0.3) is 0 Å². The highest BCUT2D eigenvalue weighted by Crippen LogP contribution is 2.55. The summed E-state index contributed by atoms with van der Waals surface area (Å²) >= 11 is 0. The van der Waals surface area contributed by atoms with Gasteiger partial charge in [-0.3, -0.25) is 0 Å². The molecule has 1 saturated carbocycles. The Bertz CT molecular complexity index is 625. The summed E-state index contributed by atoms with van der Waals surface area (Å²) in [7, 11) is 0. The highest BCUT2D eigenvalue weighted by atomic mass is 16.4. The summed E-state index contributed by atoms with van der Waals surface area (Å²) in [6.07, 6.45) is 13.4. The maximum Gasteiger partial charge on any atom is 0.328 e. The smallest absolute Gasteiger partial charge is 0.328 e. The average molecular weight is 344 g/mol. The lowest BCUT2D eigenvalue weighted by molar-refractivity contribution is -0.131. The van der Waals surface area contributed by atoms with E-state index in [1.165, 1.54) is 11.6 Å². The minimum Gasteiger partial charge on any atom is -0.478 e. The Balaban J connectivity index is 2.49. The van der Waals surface area contributed by atoms with E-state index in [4.69, 9.17) is 5.11 Å². The average Bonchev–Trinajstić information content (AvgIpc) is 2.52. The third-order valence-corrected chi connectivity index (χ3v) is 6.16. The molecule has 2 aliphatic carbocycles. The van der Waals surface area contributed by atoms with Crippen molar-refractivity contribution in [2.75, 3.05) is 0 Å². The van der Waals surface area contributed by atoms with E-state index in [0.29, 0.717) is 17.8 Å². The van der Waals surface area contributed by atoms with Crippen molar-refractivity contribution in [3.63, 3.8) is 0 Å². The first-order valence-electron chi connectivity index (χ1n) is 9.28. The van der Waals surface area contributed by atoms with E-state index in [-0.39, 0.29) is 17.4 Å². The van der Waals surface area contributed by atoms with E-state index in [1.807, 2.05) is 13.8 Å². The molecule has 0 aromatic heterocycles. The molecule has 2 unspecified atom stereocenters. The van der Waals surface area contributed by atoms with E-state index in [2.05, 4.69) is 45.1 Å². The summed E-state index contributed by atoms with van der Waals surface area (Å²) in [5, 5.41) is 19.4. The first-order valence-corrected chi connectivity index (χ1v) is 9.28. The molecule has 138 valence electrons. The minimum atomic E-state index is -0.928. The lowest BCUT2D eigenvalue weighted by Crippen LogP contribution is -2.47. The van der Waals surface area contributed by atoms with Crippen molar-refractivity contribution in [3.8, 4) is 0 Å². The number of hydrogen-bond acceptors (Lipinski definition) is 2. The van der Waals surface area contributed by atoms with Gasteiger partial charge in [0.05, 0.1) is 6.10 Å². The van der Waals surface area contributed by atoms with Crippen LogP contribution in [0.3, 0.4) is 0 Å². The normalized spacial score (nSPS) is 39.5. The van der Waals surface area contributed by atoms with Gasteiger partial charge in [-0.2, -0.15) is 0 Å². The molecule has 2 aliphatic rings. The molecule has 2 N–H and O–H groups in total. The second-order valence-electron chi connectivity index (χ2n) is 8.13. The molecule has 1 fully saturated rings. The van der Waals surface area contributed by atoms with Gasteiger partial charge in [-0.15, -0.1) is 0 Å². The molecule has 0 aromatic carbocycles. The lowest BCUT2D eigenvalue weighted by Gasteiger charge is -2.52. The monoisotopic (exact) mass is 344 g/mol. The SMILES string of the molecule is C/C=C/[C@H]1C(C)=CC2C[C@H](C)[C@H](O)CC2[C@]1(C)/C=C(C)/C=C/C(=O)O. The Kier molecular flexibility index (Phi) is 6.10. The van der Waals surface area contributed by atoms with Crippen molar-refractivity contribution >= 4 is 5.97 Å². The molecule has 0 amide bonds. The highest BCUT2D eigenvalue weighted by molar-refractivity contribution is 5.80. The summed E-state index contributed by atoms with van der Waals surface area (Å²) in [6.45, 7) is 10.6. The first kappa shape index (κ1) is 19.7. The predicted octanol–water partition coefficient (Wildman–Crippen LogP) is 4.76. The fourth-order valence-corrected chi connectivity index (χ4v) is 4.97. The fourth-order valence-electron chi connectivity index (χ4n) is 4.97. The van der Waals surface area contributed by atoms with Gasteiger partial charge in [0.1, 0.15) is 0 Å². The van der Waals surface area contributed by atoms with E-state index in [9.17, 15) is 9.90 Å². The Hall–Kier alpha value is -1.61. The van der Waals surface area contributed by atoms with Crippen molar-refractivity contribution in [2.45, 2.75) is 53.6 Å². The van der Waals surface area contributed by atoms with Crippen molar-refractivity contribution in [3.05, 3.63) is 47.6 Å². The molecule has 6 atom stereocenters. The fraction of sp³-hybridized carbons (Fsp3) is 0.591. The number of fused-ring (bicyclic) bond motifs is 1. The maximum absolute atomic E-state index is 10.8. The number of rotatable bonds is 4. The van der Waals surface area contributed by atoms with Crippen molar-refractivity contribution in [2.24, 2.45) is 29.1 Å². The molecule has 0 spiro atoms. The predicted molar refractivity (Wildman–Crippen MR) is 102 cm³/mol. The van der Waals surface area contributed by atoms with Crippen LogP contribution in [0.1, 0.15) is 47.5 Å². The molecule has 0 heterocycles. The van der Waals surface area contributed by atoms with Crippen LogP contribution in [0.15, 0.2) is 47.6 Å². The number of carboxylic acid groups (broad SMARTS) is 1. The molecular weight excluding hydrogens is 312 g/mol. The van der Waals surface area contributed by atoms with E-state index in [1.54, 1.807) is 6.08 Å². The van der Waals surface area contributed by atoms with Crippen LogP contribution in [0.2, 0.25) is 0 Å². The number of aliphatic hydroxyl groups is 1. The summed E-state index contributed by atoms with van der Waals surface area (Å²) in [4.78, 5) is 10.8. The van der Waals surface area contributed by atoms with Gasteiger partial charge in [-0.25, -0.2) is 4.79 Å². The van der Waals surface area contributed by atoms with Crippen LogP contribution in [0.4, 0.5) is 0 Å². The Morgan fingerprint density at radius 3 is 2.60 bits per heavy atom.